The normalized spacial score (nSPS) is 17.0. The average Bonchev–Trinajstić information content (AvgIpc) is 2.79. The molecule has 0 unspecified atom stereocenters. The van der Waals surface area contributed by atoms with Crippen molar-refractivity contribution in [1.82, 2.24) is 15.3 Å². The Morgan fingerprint density at radius 1 is 0.900 bits per heavy atom. The Balaban J connectivity index is 1.48. The lowest BCUT2D eigenvalue weighted by Gasteiger charge is -2.31. The van der Waals surface area contributed by atoms with Crippen LogP contribution in [-0.4, -0.2) is 41.3 Å². The molecule has 2 aromatic rings. The number of nitrogens with one attached hydrogen (secondary N) is 2. The van der Waals surface area contributed by atoms with Crippen molar-refractivity contribution in [3.63, 3.8) is 0 Å². The maximum atomic E-state index is 6.24. The van der Waals surface area contributed by atoms with Crippen LogP contribution >= 0.6 is 23.8 Å². The highest BCUT2D eigenvalue weighted by atomic mass is 35.5. The van der Waals surface area contributed by atoms with E-state index in [0.717, 1.165) is 48.4 Å². The molecule has 2 fully saturated rings. The number of thiocarbonyl (C=S) groups is 1. The van der Waals surface area contributed by atoms with Crippen LogP contribution in [0.5, 0.6) is 0 Å². The van der Waals surface area contributed by atoms with E-state index in [2.05, 4.69) is 26.5 Å². The molecule has 1 aromatic heterocycles. The summed E-state index contributed by atoms with van der Waals surface area (Å²) in [4.78, 5) is 14.3. The largest absolute Gasteiger partial charge is 0.358 e. The molecule has 3 heterocycles. The van der Waals surface area contributed by atoms with Crippen molar-refractivity contribution in [2.45, 2.75) is 45.1 Å². The fraction of sp³-hybridized carbons (Fsp3) is 0.500. The molecular formula is C22H29ClN6S. The van der Waals surface area contributed by atoms with Crippen molar-refractivity contribution in [1.29, 1.82) is 0 Å². The minimum absolute atomic E-state index is 0.496. The Morgan fingerprint density at radius 2 is 1.47 bits per heavy atom. The van der Waals surface area contributed by atoms with Crippen molar-refractivity contribution in [2.75, 3.05) is 41.3 Å². The third-order valence-electron chi connectivity index (χ3n) is 5.68. The van der Waals surface area contributed by atoms with Crippen LogP contribution in [0, 0.1) is 0 Å². The van der Waals surface area contributed by atoms with Gasteiger partial charge in [-0.1, -0.05) is 29.8 Å². The smallest absolute Gasteiger partial charge is 0.232 e. The monoisotopic (exact) mass is 444 g/mol. The fourth-order valence-corrected chi connectivity index (χ4v) is 4.38. The molecule has 30 heavy (non-hydrogen) atoms. The Hall–Kier alpha value is -2.12. The van der Waals surface area contributed by atoms with Crippen LogP contribution in [0.25, 0.3) is 0 Å². The maximum absolute atomic E-state index is 6.24. The third kappa shape index (κ3) is 5.52. The fourth-order valence-electron chi connectivity index (χ4n) is 4.01. The quantitative estimate of drug-likeness (QED) is 0.653. The van der Waals surface area contributed by atoms with E-state index in [4.69, 9.17) is 33.8 Å². The molecule has 160 valence electrons. The Morgan fingerprint density at radius 3 is 2.03 bits per heavy atom. The summed E-state index contributed by atoms with van der Waals surface area (Å²) < 4.78 is 0. The molecule has 2 N–H and O–H groups in total. The van der Waals surface area contributed by atoms with E-state index in [0.29, 0.717) is 17.6 Å². The van der Waals surface area contributed by atoms with Gasteiger partial charge < -0.3 is 20.4 Å². The van der Waals surface area contributed by atoms with E-state index in [-0.39, 0.29) is 0 Å². The van der Waals surface area contributed by atoms with Gasteiger partial charge in [0.25, 0.3) is 0 Å². The van der Waals surface area contributed by atoms with Crippen LogP contribution in [0.4, 0.5) is 17.6 Å². The first-order chi connectivity index (χ1) is 14.7. The van der Waals surface area contributed by atoms with Gasteiger partial charge in [0.2, 0.25) is 5.95 Å². The zero-order chi connectivity index (χ0) is 20.8. The second kappa shape index (κ2) is 10.3. The second-order valence-electron chi connectivity index (χ2n) is 7.90. The van der Waals surface area contributed by atoms with Gasteiger partial charge in [-0.25, -0.2) is 0 Å². The zero-order valence-electron chi connectivity index (χ0n) is 17.2. The van der Waals surface area contributed by atoms with E-state index in [1.807, 2.05) is 24.3 Å². The molecular weight excluding hydrogens is 416 g/mol. The molecule has 0 saturated carbocycles. The highest BCUT2D eigenvalue weighted by molar-refractivity contribution is 7.80. The number of benzene rings is 1. The van der Waals surface area contributed by atoms with E-state index < -0.39 is 0 Å². The Labute approximate surface area is 189 Å². The topological polar surface area (TPSA) is 56.3 Å². The molecule has 0 atom stereocenters. The number of hydrogen-bond acceptors (Lipinski definition) is 5. The van der Waals surface area contributed by atoms with Crippen LogP contribution in [-0.2, 0) is 6.54 Å². The second-order valence-corrected chi connectivity index (χ2v) is 8.72. The van der Waals surface area contributed by atoms with Crippen LogP contribution in [0.1, 0.15) is 44.1 Å². The van der Waals surface area contributed by atoms with Crippen molar-refractivity contribution in [3.05, 3.63) is 40.9 Å². The first-order valence-electron chi connectivity index (χ1n) is 10.9. The molecule has 2 aliphatic heterocycles. The minimum atomic E-state index is 0.496. The third-order valence-corrected chi connectivity index (χ3v) is 6.30. The van der Waals surface area contributed by atoms with Gasteiger partial charge in [0.05, 0.1) is 0 Å². The van der Waals surface area contributed by atoms with Gasteiger partial charge in [-0.3, -0.25) is 0 Å². The number of halogens is 1. The summed E-state index contributed by atoms with van der Waals surface area (Å²) in [6.07, 6.45) is 7.43. The average molecular weight is 445 g/mol. The number of hydrogen-bond donors (Lipinski definition) is 2. The van der Waals surface area contributed by atoms with Gasteiger partial charge in [0, 0.05) is 43.8 Å². The summed E-state index contributed by atoms with van der Waals surface area (Å²) in [6, 6.07) is 9.90. The Kier molecular flexibility index (Phi) is 7.23. The predicted octanol–water partition coefficient (Wildman–Crippen LogP) is 4.60. The standard InChI is InChI=1S/C22H29ClN6S/c23-18-10-4-3-9-17(18)16-24-22(30)27-21-25-19(28-11-5-1-6-12-28)15-20(26-21)29-13-7-2-8-14-29/h3-4,9-10,15H,1-2,5-8,11-14,16H2,(H2,24,25,26,27,30). The minimum Gasteiger partial charge on any atom is -0.358 e. The molecule has 2 aliphatic rings. The number of aromatic nitrogens is 2. The van der Waals surface area contributed by atoms with Crippen molar-refractivity contribution < 1.29 is 0 Å². The van der Waals surface area contributed by atoms with Crippen LogP contribution in [0.3, 0.4) is 0 Å². The molecule has 0 amide bonds. The van der Waals surface area contributed by atoms with E-state index >= 15 is 0 Å². The summed E-state index contributed by atoms with van der Waals surface area (Å²) >= 11 is 11.7. The predicted molar refractivity (Wildman–Crippen MR) is 129 cm³/mol. The number of nitrogens with zero attached hydrogens (tertiary/aromatic N) is 4. The molecule has 0 bridgehead atoms. The van der Waals surface area contributed by atoms with Gasteiger partial charge in [0.15, 0.2) is 5.11 Å². The van der Waals surface area contributed by atoms with Crippen LogP contribution < -0.4 is 20.4 Å². The molecule has 0 radical (unpaired) electrons. The maximum Gasteiger partial charge on any atom is 0.232 e. The Bertz CT molecular complexity index is 828. The van der Waals surface area contributed by atoms with Crippen molar-refractivity contribution in [2.24, 2.45) is 0 Å². The SMILES string of the molecule is S=C(NCc1ccccc1Cl)Nc1nc(N2CCCCC2)cc(N2CCCCC2)n1. The highest BCUT2D eigenvalue weighted by Gasteiger charge is 2.19. The van der Waals surface area contributed by atoms with Crippen molar-refractivity contribution >= 4 is 46.5 Å². The summed E-state index contributed by atoms with van der Waals surface area (Å²) in [5.74, 6) is 2.53. The van der Waals surface area contributed by atoms with Gasteiger partial charge in [-0.2, -0.15) is 9.97 Å². The molecule has 0 aliphatic carbocycles. The lowest BCUT2D eigenvalue weighted by atomic mass is 10.1. The van der Waals surface area contributed by atoms with Gasteiger partial charge in [0.1, 0.15) is 11.6 Å². The lowest BCUT2D eigenvalue weighted by molar-refractivity contribution is 0.567. The highest BCUT2D eigenvalue weighted by Crippen LogP contribution is 2.26. The van der Waals surface area contributed by atoms with Crippen molar-refractivity contribution in [3.8, 4) is 0 Å². The zero-order valence-corrected chi connectivity index (χ0v) is 18.8. The van der Waals surface area contributed by atoms with E-state index in [9.17, 15) is 0 Å². The molecule has 4 rings (SSSR count). The number of anilines is 3. The summed E-state index contributed by atoms with van der Waals surface area (Å²) in [5, 5.41) is 7.63. The van der Waals surface area contributed by atoms with Gasteiger partial charge >= 0.3 is 0 Å². The van der Waals surface area contributed by atoms with Gasteiger partial charge in [-0.15, -0.1) is 0 Å². The first kappa shape index (κ1) is 21.1. The van der Waals surface area contributed by atoms with E-state index in [1.165, 1.54) is 38.5 Å². The molecule has 1 aromatic carbocycles. The lowest BCUT2D eigenvalue weighted by Crippen LogP contribution is -2.34. The molecule has 6 nitrogen and oxygen atoms in total. The molecule has 8 heteroatoms. The summed E-state index contributed by atoms with van der Waals surface area (Å²) in [5.41, 5.74) is 1.00. The molecule has 2 saturated heterocycles. The number of rotatable bonds is 5. The summed E-state index contributed by atoms with van der Waals surface area (Å²) in [6.45, 7) is 4.74. The van der Waals surface area contributed by atoms with Gasteiger partial charge in [-0.05, 0) is 62.4 Å². The summed E-state index contributed by atoms with van der Waals surface area (Å²) in [7, 11) is 0. The first-order valence-corrected chi connectivity index (χ1v) is 11.6. The number of piperidine rings is 2. The van der Waals surface area contributed by atoms with E-state index in [1.54, 1.807) is 0 Å². The molecule has 0 spiro atoms. The van der Waals surface area contributed by atoms with Crippen LogP contribution in [0.15, 0.2) is 30.3 Å². The van der Waals surface area contributed by atoms with Crippen LogP contribution in [0.2, 0.25) is 5.02 Å².